The molecule has 1 unspecified atom stereocenters. The molecule has 0 saturated carbocycles. The molecule has 0 saturated heterocycles. The summed E-state index contributed by atoms with van der Waals surface area (Å²) in [6, 6.07) is 7.26. The van der Waals surface area contributed by atoms with E-state index < -0.39 is 12.0 Å². The van der Waals surface area contributed by atoms with Gasteiger partial charge >= 0.3 is 5.97 Å². The molecule has 0 radical (unpaired) electrons. The van der Waals surface area contributed by atoms with E-state index in [-0.39, 0.29) is 11.7 Å². The Balaban J connectivity index is 1.46. The third-order valence-electron chi connectivity index (χ3n) is 5.41. The minimum atomic E-state index is -0.667. The molecule has 9 nitrogen and oxygen atoms in total. The zero-order chi connectivity index (χ0) is 21.8. The zero-order valence-corrected chi connectivity index (χ0v) is 18.1. The van der Waals surface area contributed by atoms with Crippen LogP contribution in [-0.4, -0.2) is 57.4 Å². The monoisotopic (exact) mass is 443 g/mol. The first-order valence-corrected chi connectivity index (χ1v) is 11.2. The number of nitrogens with zero attached hydrogens (tertiary/aromatic N) is 3. The van der Waals surface area contributed by atoms with Crippen molar-refractivity contribution in [3.63, 3.8) is 0 Å². The van der Waals surface area contributed by atoms with E-state index in [4.69, 9.17) is 14.9 Å². The number of ether oxygens (including phenoxy) is 1. The minimum Gasteiger partial charge on any atom is -0.467 e. The molecule has 2 aromatic heterocycles. The Morgan fingerprint density at radius 3 is 2.97 bits per heavy atom. The van der Waals surface area contributed by atoms with E-state index in [2.05, 4.69) is 15.2 Å². The van der Waals surface area contributed by atoms with Gasteiger partial charge in [0.15, 0.2) is 0 Å². The molecule has 1 aliphatic rings. The van der Waals surface area contributed by atoms with E-state index in [0.717, 1.165) is 35.0 Å². The fourth-order valence-corrected chi connectivity index (χ4v) is 4.51. The maximum Gasteiger partial charge on any atom is 0.328 e. The summed E-state index contributed by atoms with van der Waals surface area (Å²) in [7, 11) is 1.34. The number of aromatic nitrogens is 3. The highest BCUT2D eigenvalue weighted by molar-refractivity contribution is 7.99. The van der Waals surface area contributed by atoms with Gasteiger partial charge in [0, 0.05) is 29.4 Å². The first-order chi connectivity index (χ1) is 15.1. The second kappa shape index (κ2) is 9.52. The van der Waals surface area contributed by atoms with Crippen molar-refractivity contribution in [3.8, 4) is 0 Å². The van der Waals surface area contributed by atoms with Crippen LogP contribution in [0.4, 0.5) is 0 Å². The van der Waals surface area contributed by atoms with Crippen LogP contribution in [0.3, 0.4) is 0 Å². The van der Waals surface area contributed by atoms with E-state index in [0.29, 0.717) is 37.0 Å². The number of thioether (sulfide) groups is 1. The van der Waals surface area contributed by atoms with Gasteiger partial charge in [-0.3, -0.25) is 4.79 Å². The molecular weight excluding hydrogens is 418 g/mol. The lowest BCUT2D eigenvalue weighted by atomic mass is 9.96. The molecular formula is C21H25N5O4S. The predicted octanol–water partition coefficient (Wildman–Crippen LogP) is 2.05. The number of H-pyrrole nitrogens is 1. The molecule has 0 bridgehead atoms. The highest BCUT2D eigenvalue weighted by Crippen LogP contribution is 2.31. The second-order valence-corrected chi connectivity index (χ2v) is 8.32. The number of esters is 1. The quantitative estimate of drug-likeness (QED) is 0.308. The van der Waals surface area contributed by atoms with Gasteiger partial charge in [0.1, 0.15) is 6.04 Å². The number of hydrogen-bond donors (Lipinski definition) is 2. The lowest BCUT2D eigenvalue weighted by molar-refractivity contribution is -0.153. The molecule has 0 spiro atoms. The summed E-state index contributed by atoms with van der Waals surface area (Å²) in [5, 5.41) is 9.41. The summed E-state index contributed by atoms with van der Waals surface area (Å²) in [4.78, 5) is 30.4. The summed E-state index contributed by atoms with van der Waals surface area (Å²) < 4.78 is 10.6. The van der Waals surface area contributed by atoms with Crippen LogP contribution in [0.15, 0.2) is 33.9 Å². The number of unbranched alkanes of at least 4 members (excludes halogenated alkanes) is 1. The first-order valence-electron chi connectivity index (χ1n) is 10.2. The number of carbonyl (C=O) groups is 2. The van der Waals surface area contributed by atoms with Gasteiger partial charge in [0.2, 0.25) is 11.8 Å². The lowest BCUT2D eigenvalue weighted by Gasteiger charge is -2.33. The molecule has 0 fully saturated rings. The van der Waals surface area contributed by atoms with Gasteiger partial charge in [-0.15, -0.1) is 10.2 Å². The molecule has 31 heavy (non-hydrogen) atoms. The molecule has 10 heteroatoms. The van der Waals surface area contributed by atoms with E-state index in [1.165, 1.54) is 18.9 Å². The summed E-state index contributed by atoms with van der Waals surface area (Å²) in [6.07, 6.45) is 2.85. The predicted molar refractivity (Wildman–Crippen MR) is 115 cm³/mol. The van der Waals surface area contributed by atoms with Gasteiger partial charge < -0.3 is 24.8 Å². The van der Waals surface area contributed by atoms with E-state index in [9.17, 15) is 9.59 Å². The highest BCUT2D eigenvalue weighted by atomic mass is 32.2. The molecule has 164 valence electrons. The van der Waals surface area contributed by atoms with Gasteiger partial charge in [-0.25, -0.2) is 4.79 Å². The molecule has 3 heterocycles. The van der Waals surface area contributed by atoms with Crippen molar-refractivity contribution in [3.05, 3.63) is 41.4 Å². The Morgan fingerprint density at radius 2 is 2.16 bits per heavy atom. The molecule has 1 aromatic carbocycles. The van der Waals surface area contributed by atoms with E-state index in [1.54, 1.807) is 4.90 Å². The van der Waals surface area contributed by atoms with Crippen LogP contribution in [0, 0.1) is 0 Å². The van der Waals surface area contributed by atoms with Crippen LogP contribution in [0.1, 0.15) is 30.0 Å². The smallest absolute Gasteiger partial charge is 0.328 e. The van der Waals surface area contributed by atoms with Crippen LogP contribution in [-0.2, 0) is 33.7 Å². The van der Waals surface area contributed by atoms with Gasteiger partial charge in [-0.2, -0.15) is 0 Å². The average Bonchev–Trinajstić information content (AvgIpc) is 3.40. The van der Waals surface area contributed by atoms with Crippen molar-refractivity contribution in [2.75, 3.05) is 19.4 Å². The van der Waals surface area contributed by atoms with Crippen LogP contribution >= 0.6 is 11.8 Å². The van der Waals surface area contributed by atoms with E-state index in [1.807, 2.05) is 24.3 Å². The normalized spacial score (nSPS) is 15.8. The zero-order valence-electron chi connectivity index (χ0n) is 17.3. The number of fused-ring (bicyclic) bond motifs is 3. The number of amides is 1. The fourth-order valence-electron chi connectivity index (χ4n) is 3.84. The number of carbonyl (C=O) groups excluding carboxylic acids is 2. The van der Waals surface area contributed by atoms with Crippen molar-refractivity contribution < 1.29 is 18.7 Å². The molecule has 3 N–H and O–H groups in total. The Hall–Kier alpha value is -2.85. The Kier molecular flexibility index (Phi) is 6.57. The Labute approximate surface area is 183 Å². The standard InChI is InChI=1S/C21H25N5O4S/c1-29-20(28)17-10-14-13-6-2-3-7-15(13)23-16(14)11-26(17)19(27)12-31-21-25-24-18(30-21)8-4-5-9-22/h2-3,6-7,17,23H,4-5,8-12,22H2,1H3. The highest BCUT2D eigenvalue weighted by Gasteiger charge is 2.37. The van der Waals surface area contributed by atoms with Crippen molar-refractivity contribution in [2.24, 2.45) is 5.73 Å². The van der Waals surface area contributed by atoms with Crippen LogP contribution < -0.4 is 5.73 Å². The summed E-state index contributed by atoms with van der Waals surface area (Å²) >= 11 is 1.17. The van der Waals surface area contributed by atoms with Crippen molar-refractivity contribution in [2.45, 2.75) is 43.5 Å². The third-order valence-corrected chi connectivity index (χ3v) is 6.21. The van der Waals surface area contributed by atoms with Gasteiger partial charge in [0.25, 0.3) is 5.22 Å². The molecule has 1 atom stereocenters. The average molecular weight is 444 g/mol. The minimum absolute atomic E-state index is 0.0908. The van der Waals surface area contributed by atoms with Crippen molar-refractivity contribution in [1.82, 2.24) is 20.1 Å². The van der Waals surface area contributed by atoms with Crippen molar-refractivity contribution >= 4 is 34.5 Å². The summed E-state index contributed by atoms with van der Waals surface area (Å²) in [5.74, 6) is 0.0198. The molecule has 3 aromatic rings. The number of benzene rings is 1. The fraction of sp³-hybridized carbons (Fsp3) is 0.429. The number of nitrogens with one attached hydrogen (secondary N) is 1. The SMILES string of the molecule is COC(=O)C1Cc2c([nH]c3ccccc23)CN1C(=O)CSc1nnc(CCCCN)o1. The molecule has 1 aliphatic heterocycles. The number of para-hydroxylation sites is 1. The lowest BCUT2D eigenvalue weighted by Crippen LogP contribution is -2.49. The summed E-state index contributed by atoms with van der Waals surface area (Å²) in [6.45, 7) is 0.941. The number of nitrogens with two attached hydrogens (primary N) is 1. The van der Waals surface area contributed by atoms with Crippen LogP contribution in [0.2, 0.25) is 0 Å². The Bertz CT molecular complexity index is 1080. The number of aryl methyl sites for hydroxylation is 1. The molecule has 4 rings (SSSR count). The molecule has 1 amide bonds. The maximum atomic E-state index is 13.0. The summed E-state index contributed by atoms with van der Waals surface area (Å²) in [5.41, 5.74) is 8.49. The second-order valence-electron chi connectivity index (χ2n) is 7.39. The number of aromatic amines is 1. The van der Waals surface area contributed by atoms with E-state index >= 15 is 0 Å². The first kappa shape index (κ1) is 21.4. The Morgan fingerprint density at radius 1 is 1.32 bits per heavy atom. The largest absolute Gasteiger partial charge is 0.467 e. The third kappa shape index (κ3) is 4.59. The number of rotatable bonds is 8. The van der Waals surface area contributed by atoms with Crippen LogP contribution in [0.25, 0.3) is 10.9 Å². The van der Waals surface area contributed by atoms with Gasteiger partial charge in [-0.1, -0.05) is 30.0 Å². The van der Waals surface area contributed by atoms with Gasteiger partial charge in [-0.05, 0) is 31.0 Å². The number of methoxy groups -OCH3 is 1. The van der Waals surface area contributed by atoms with Crippen molar-refractivity contribution in [1.29, 1.82) is 0 Å². The topological polar surface area (TPSA) is 127 Å². The van der Waals surface area contributed by atoms with Crippen LogP contribution in [0.5, 0.6) is 0 Å². The molecule has 0 aliphatic carbocycles. The maximum absolute atomic E-state index is 13.0. The number of hydrogen-bond acceptors (Lipinski definition) is 8. The van der Waals surface area contributed by atoms with Gasteiger partial charge in [0.05, 0.1) is 19.4 Å².